The molecular formula is C21H28N2O5. The Hall–Kier alpha value is -2.57. The van der Waals surface area contributed by atoms with Crippen LogP contribution in [0.3, 0.4) is 0 Å². The predicted octanol–water partition coefficient (Wildman–Crippen LogP) is 2.40. The van der Waals surface area contributed by atoms with Crippen molar-refractivity contribution in [3.05, 3.63) is 29.8 Å². The van der Waals surface area contributed by atoms with Crippen LogP contribution in [0.1, 0.15) is 48.9 Å². The van der Waals surface area contributed by atoms with Crippen molar-refractivity contribution < 1.29 is 24.2 Å². The lowest BCUT2D eigenvalue weighted by Gasteiger charge is -2.31. The van der Waals surface area contributed by atoms with Gasteiger partial charge in [-0.1, -0.05) is 25.0 Å². The molecule has 7 nitrogen and oxygen atoms in total. The number of carboxylic acid groups (broad SMARTS) is 1. The second-order valence-corrected chi connectivity index (χ2v) is 7.51. The lowest BCUT2D eigenvalue weighted by molar-refractivity contribution is -0.143. The first-order valence-corrected chi connectivity index (χ1v) is 10.1. The average molecular weight is 388 g/mol. The molecular weight excluding hydrogens is 360 g/mol. The van der Waals surface area contributed by atoms with E-state index in [1.54, 1.807) is 29.2 Å². The minimum atomic E-state index is -0.870. The SMILES string of the molecule is O=C(O)C1CCCN(C(=O)c2ccccc2OCC(=O)N2CCCCCC2)C1. The van der Waals surface area contributed by atoms with Gasteiger partial charge in [0.25, 0.3) is 11.8 Å². The summed E-state index contributed by atoms with van der Waals surface area (Å²) in [5, 5.41) is 9.25. The Morgan fingerprint density at radius 1 is 0.964 bits per heavy atom. The Labute approximate surface area is 165 Å². The fourth-order valence-corrected chi connectivity index (χ4v) is 3.85. The molecule has 1 aromatic rings. The number of carbonyl (C=O) groups excluding carboxylic acids is 2. The number of piperidine rings is 1. The van der Waals surface area contributed by atoms with Gasteiger partial charge in [-0.15, -0.1) is 0 Å². The Bertz CT molecular complexity index is 713. The van der Waals surface area contributed by atoms with E-state index in [0.717, 1.165) is 38.8 Å². The molecule has 2 aliphatic heterocycles. The van der Waals surface area contributed by atoms with Crippen molar-refractivity contribution in [1.82, 2.24) is 9.80 Å². The number of amides is 2. The number of hydrogen-bond acceptors (Lipinski definition) is 4. The Balaban J connectivity index is 1.64. The summed E-state index contributed by atoms with van der Waals surface area (Å²) in [6, 6.07) is 6.86. The summed E-state index contributed by atoms with van der Waals surface area (Å²) >= 11 is 0. The molecule has 1 unspecified atom stereocenters. The van der Waals surface area contributed by atoms with Gasteiger partial charge in [0.05, 0.1) is 11.5 Å². The van der Waals surface area contributed by atoms with Crippen LogP contribution in [-0.2, 0) is 9.59 Å². The first-order valence-electron chi connectivity index (χ1n) is 10.1. The highest BCUT2D eigenvalue weighted by Crippen LogP contribution is 2.24. The van der Waals surface area contributed by atoms with Gasteiger partial charge in [0, 0.05) is 26.2 Å². The third-order valence-electron chi connectivity index (χ3n) is 5.49. The monoisotopic (exact) mass is 388 g/mol. The predicted molar refractivity (Wildman–Crippen MR) is 103 cm³/mol. The van der Waals surface area contributed by atoms with Crippen LogP contribution in [0.2, 0.25) is 0 Å². The number of carbonyl (C=O) groups is 3. The highest BCUT2D eigenvalue weighted by molar-refractivity contribution is 5.97. The van der Waals surface area contributed by atoms with Crippen LogP contribution in [0.5, 0.6) is 5.75 Å². The third kappa shape index (κ3) is 5.03. The molecule has 1 atom stereocenters. The van der Waals surface area contributed by atoms with Gasteiger partial charge in [-0.3, -0.25) is 14.4 Å². The summed E-state index contributed by atoms with van der Waals surface area (Å²) in [7, 11) is 0. The summed E-state index contributed by atoms with van der Waals surface area (Å²) in [6.07, 6.45) is 5.58. The zero-order chi connectivity index (χ0) is 19.9. The van der Waals surface area contributed by atoms with Gasteiger partial charge in [0.2, 0.25) is 0 Å². The molecule has 1 aromatic carbocycles. The highest BCUT2D eigenvalue weighted by atomic mass is 16.5. The number of likely N-dealkylation sites (tertiary alicyclic amines) is 2. The van der Waals surface area contributed by atoms with E-state index in [-0.39, 0.29) is 25.0 Å². The maximum Gasteiger partial charge on any atom is 0.308 e. The van der Waals surface area contributed by atoms with E-state index >= 15 is 0 Å². The fourth-order valence-electron chi connectivity index (χ4n) is 3.85. The van der Waals surface area contributed by atoms with E-state index in [0.29, 0.717) is 30.7 Å². The number of para-hydroxylation sites is 1. The summed E-state index contributed by atoms with van der Waals surface area (Å²) in [4.78, 5) is 40.1. The van der Waals surface area contributed by atoms with Crippen molar-refractivity contribution in [3.8, 4) is 5.75 Å². The number of hydrogen-bond donors (Lipinski definition) is 1. The van der Waals surface area contributed by atoms with Crippen LogP contribution in [-0.4, -0.2) is 65.5 Å². The van der Waals surface area contributed by atoms with Gasteiger partial charge in [-0.2, -0.15) is 0 Å². The average Bonchev–Trinajstić information content (AvgIpc) is 3.01. The van der Waals surface area contributed by atoms with Crippen molar-refractivity contribution in [1.29, 1.82) is 0 Å². The number of nitrogens with zero attached hydrogens (tertiary/aromatic N) is 2. The quantitative estimate of drug-likeness (QED) is 0.837. The van der Waals surface area contributed by atoms with Crippen molar-refractivity contribution in [2.45, 2.75) is 38.5 Å². The summed E-state index contributed by atoms with van der Waals surface area (Å²) in [6.45, 7) is 2.15. The Morgan fingerprint density at radius 2 is 1.64 bits per heavy atom. The van der Waals surface area contributed by atoms with Gasteiger partial charge < -0.3 is 19.6 Å². The summed E-state index contributed by atoms with van der Waals surface area (Å²) in [5.74, 6) is -1.34. The summed E-state index contributed by atoms with van der Waals surface area (Å²) in [5.41, 5.74) is 0.372. The standard InChI is InChI=1S/C21H28N2O5/c24-19(22-11-5-1-2-6-12-22)15-28-18-10-4-3-9-17(18)20(25)23-13-7-8-16(14-23)21(26)27/h3-4,9-10,16H,1-2,5-8,11-15H2,(H,26,27). The van der Waals surface area contributed by atoms with Crippen LogP contribution in [0.4, 0.5) is 0 Å². The second-order valence-electron chi connectivity index (χ2n) is 7.51. The number of ether oxygens (including phenoxy) is 1. The Kier molecular flexibility index (Phi) is 6.90. The third-order valence-corrected chi connectivity index (χ3v) is 5.49. The molecule has 0 bridgehead atoms. The first kappa shape index (κ1) is 20.2. The van der Waals surface area contributed by atoms with Crippen molar-refractivity contribution in [2.24, 2.45) is 5.92 Å². The maximum atomic E-state index is 12.9. The largest absolute Gasteiger partial charge is 0.483 e. The van der Waals surface area contributed by atoms with Gasteiger partial charge >= 0.3 is 5.97 Å². The normalized spacial score (nSPS) is 20.4. The molecule has 0 aromatic heterocycles. The molecule has 2 amide bonds. The number of rotatable bonds is 5. The number of benzene rings is 1. The summed E-state index contributed by atoms with van der Waals surface area (Å²) < 4.78 is 5.72. The van der Waals surface area contributed by atoms with Gasteiger partial charge in [-0.25, -0.2) is 0 Å². The molecule has 3 rings (SSSR count). The topological polar surface area (TPSA) is 87.1 Å². The van der Waals surface area contributed by atoms with Crippen LogP contribution in [0.25, 0.3) is 0 Å². The second kappa shape index (κ2) is 9.57. The minimum absolute atomic E-state index is 0.0620. The van der Waals surface area contributed by atoms with Crippen molar-refractivity contribution in [2.75, 3.05) is 32.8 Å². The minimum Gasteiger partial charge on any atom is -0.483 e. The van der Waals surface area contributed by atoms with Crippen LogP contribution < -0.4 is 4.74 Å². The van der Waals surface area contributed by atoms with E-state index in [4.69, 9.17) is 4.74 Å². The molecule has 28 heavy (non-hydrogen) atoms. The molecule has 2 fully saturated rings. The molecule has 2 aliphatic rings. The molecule has 0 spiro atoms. The van der Waals surface area contributed by atoms with Gasteiger partial charge in [-0.05, 0) is 37.8 Å². The van der Waals surface area contributed by atoms with E-state index in [1.807, 2.05) is 4.90 Å². The molecule has 152 valence electrons. The fraction of sp³-hybridized carbons (Fsp3) is 0.571. The number of aliphatic carboxylic acids is 1. The lowest BCUT2D eigenvalue weighted by Crippen LogP contribution is -2.42. The van der Waals surface area contributed by atoms with E-state index in [1.165, 1.54) is 0 Å². The first-order chi connectivity index (χ1) is 13.6. The number of carboxylic acids is 1. The van der Waals surface area contributed by atoms with Crippen molar-refractivity contribution in [3.63, 3.8) is 0 Å². The molecule has 0 radical (unpaired) electrons. The van der Waals surface area contributed by atoms with E-state index in [2.05, 4.69) is 0 Å². The van der Waals surface area contributed by atoms with E-state index in [9.17, 15) is 19.5 Å². The lowest BCUT2D eigenvalue weighted by atomic mass is 9.97. The van der Waals surface area contributed by atoms with E-state index < -0.39 is 11.9 Å². The zero-order valence-electron chi connectivity index (χ0n) is 16.1. The molecule has 0 aliphatic carbocycles. The van der Waals surface area contributed by atoms with Gasteiger partial charge in [0.15, 0.2) is 6.61 Å². The van der Waals surface area contributed by atoms with Crippen LogP contribution >= 0.6 is 0 Å². The smallest absolute Gasteiger partial charge is 0.308 e. The van der Waals surface area contributed by atoms with Gasteiger partial charge in [0.1, 0.15) is 5.75 Å². The molecule has 2 heterocycles. The molecule has 0 saturated carbocycles. The van der Waals surface area contributed by atoms with Crippen LogP contribution in [0.15, 0.2) is 24.3 Å². The zero-order valence-corrected chi connectivity index (χ0v) is 16.1. The molecule has 2 saturated heterocycles. The Morgan fingerprint density at radius 3 is 2.36 bits per heavy atom. The molecule has 7 heteroatoms. The maximum absolute atomic E-state index is 12.9. The molecule has 1 N–H and O–H groups in total. The van der Waals surface area contributed by atoms with Crippen LogP contribution in [0, 0.1) is 5.92 Å². The highest BCUT2D eigenvalue weighted by Gasteiger charge is 2.30. The van der Waals surface area contributed by atoms with Crippen molar-refractivity contribution >= 4 is 17.8 Å².